The second kappa shape index (κ2) is 9.78. The minimum atomic E-state index is -0.930. The van der Waals surface area contributed by atoms with E-state index in [1.807, 2.05) is 60.8 Å². The summed E-state index contributed by atoms with van der Waals surface area (Å²) < 4.78 is 18.8. The smallest absolute Gasteiger partial charge is 0.408 e. The molecule has 4 aromatic rings. The van der Waals surface area contributed by atoms with E-state index < -0.39 is 23.9 Å². The maximum atomic E-state index is 13.5. The number of aromatic amines is 1. The van der Waals surface area contributed by atoms with Crippen LogP contribution in [0.2, 0.25) is 0 Å². The van der Waals surface area contributed by atoms with Gasteiger partial charge < -0.3 is 20.4 Å². The van der Waals surface area contributed by atoms with E-state index in [4.69, 9.17) is 4.74 Å². The average molecular weight is 431 g/mol. The first kappa shape index (κ1) is 21.1. The van der Waals surface area contributed by atoms with Gasteiger partial charge in [0.05, 0.1) is 0 Å². The van der Waals surface area contributed by atoms with Crippen LogP contribution in [0.3, 0.4) is 0 Å². The molecule has 6 nitrogen and oxygen atoms in total. The molecule has 1 atom stereocenters. The number of ether oxygens (including phenoxy) is 1. The molecule has 0 saturated heterocycles. The second-order valence-corrected chi connectivity index (χ2v) is 7.32. The van der Waals surface area contributed by atoms with Crippen molar-refractivity contribution in [2.24, 2.45) is 0 Å². The van der Waals surface area contributed by atoms with Gasteiger partial charge in [-0.25, -0.2) is 9.18 Å². The number of H-pyrrole nitrogens is 1. The van der Waals surface area contributed by atoms with Crippen molar-refractivity contribution in [1.29, 1.82) is 0 Å². The number of carbonyl (C=O) groups excluding carboxylic acids is 2. The van der Waals surface area contributed by atoms with Gasteiger partial charge in [-0.15, -0.1) is 0 Å². The van der Waals surface area contributed by atoms with E-state index in [2.05, 4.69) is 15.6 Å². The molecule has 3 N–H and O–H groups in total. The Morgan fingerprint density at radius 1 is 0.969 bits per heavy atom. The Balaban J connectivity index is 1.50. The molecule has 32 heavy (non-hydrogen) atoms. The van der Waals surface area contributed by atoms with Crippen LogP contribution in [0.1, 0.15) is 11.1 Å². The van der Waals surface area contributed by atoms with Crippen LogP contribution in [0.5, 0.6) is 0 Å². The fourth-order valence-corrected chi connectivity index (χ4v) is 3.43. The highest BCUT2D eigenvalue weighted by Crippen LogP contribution is 2.20. The van der Waals surface area contributed by atoms with Crippen LogP contribution in [0, 0.1) is 5.82 Å². The van der Waals surface area contributed by atoms with E-state index in [0.29, 0.717) is 5.69 Å². The lowest BCUT2D eigenvalue weighted by atomic mass is 10.0. The zero-order valence-corrected chi connectivity index (χ0v) is 17.2. The van der Waals surface area contributed by atoms with Crippen LogP contribution in [0.15, 0.2) is 85.1 Å². The summed E-state index contributed by atoms with van der Waals surface area (Å²) in [5, 5.41) is 6.26. The molecule has 0 aliphatic carbocycles. The maximum absolute atomic E-state index is 13.5. The van der Waals surface area contributed by atoms with E-state index in [1.165, 1.54) is 18.2 Å². The van der Waals surface area contributed by atoms with Crippen LogP contribution in [-0.4, -0.2) is 23.0 Å². The Morgan fingerprint density at radius 2 is 1.75 bits per heavy atom. The SMILES string of the molecule is O=C(N[C@H](Cc1c[nH]c2ccccc12)C(=O)Nc1cccc(F)c1)OCc1ccccc1. The number of hydrogen-bond acceptors (Lipinski definition) is 3. The van der Waals surface area contributed by atoms with Crippen molar-refractivity contribution in [3.63, 3.8) is 0 Å². The maximum Gasteiger partial charge on any atom is 0.408 e. The third-order valence-corrected chi connectivity index (χ3v) is 5.01. The normalized spacial score (nSPS) is 11.7. The number of rotatable bonds is 7. The summed E-state index contributed by atoms with van der Waals surface area (Å²) in [6.07, 6.45) is 1.32. The minimum absolute atomic E-state index is 0.0813. The van der Waals surface area contributed by atoms with Crippen molar-refractivity contribution in [2.45, 2.75) is 19.1 Å². The van der Waals surface area contributed by atoms with Crippen LogP contribution in [0.4, 0.5) is 14.9 Å². The number of para-hydroxylation sites is 1. The summed E-state index contributed by atoms with van der Waals surface area (Å²) in [5.74, 6) is -0.941. The predicted octanol–water partition coefficient (Wildman–Crippen LogP) is 4.78. The second-order valence-electron chi connectivity index (χ2n) is 7.32. The number of benzene rings is 3. The largest absolute Gasteiger partial charge is 0.445 e. The fraction of sp³-hybridized carbons (Fsp3) is 0.120. The Hall–Kier alpha value is -4.13. The molecule has 7 heteroatoms. The Bertz CT molecular complexity index is 1220. The fourth-order valence-electron chi connectivity index (χ4n) is 3.43. The lowest BCUT2D eigenvalue weighted by Crippen LogP contribution is -2.45. The van der Waals surface area contributed by atoms with Gasteiger partial charge in [-0.1, -0.05) is 54.6 Å². The monoisotopic (exact) mass is 431 g/mol. The van der Waals surface area contributed by atoms with E-state index >= 15 is 0 Å². The van der Waals surface area contributed by atoms with Gasteiger partial charge in [0.2, 0.25) is 5.91 Å². The number of carbonyl (C=O) groups is 2. The van der Waals surface area contributed by atoms with E-state index in [-0.39, 0.29) is 13.0 Å². The molecule has 0 fully saturated rings. The lowest BCUT2D eigenvalue weighted by molar-refractivity contribution is -0.118. The van der Waals surface area contributed by atoms with Gasteiger partial charge in [0.15, 0.2) is 0 Å². The first-order valence-electron chi connectivity index (χ1n) is 10.2. The zero-order chi connectivity index (χ0) is 22.3. The number of alkyl carbamates (subject to hydrolysis) is 1. The standard InChI is InChI=1S/C25H22FN3O3/c26-19-9-6-10-20(14-19)28-24(30)23(13-18-15-27-22-12-5-4-11-21(18)22)29-25(31)32-16-17-7-2-1-3-8-17/h1-12,14-15,23,27H,13,16H2,(H,28,30)(H,29,31)/t23-/m1/s1. The number of aromatic nitrogens is 1. The van der Waals surface area contributed by atoms with Gasteiger partial charge in [0, 0.05) is 29.2 Å². The molecule has 1 aromatic heterocycles. The number of halogens is 1. The minimum Gasteiger partial charge on any atom is -0.445 e. The molecule has 0 radical (unpaired) electrons. The van der Waals surface area contributed by atoms with E-state index in [0.717, 1.165) is 22.0 Å². The summed E-state index contributed by atoms with van der Waals surface area (Å²) in [4.78, 5) is 28.6. The number of hydrogen-bond donors (Lipinski definition) is 3. The highest BCUT2D eigenvalue weighted by molar-refractivity contribution is 5.97. The third-order valence-electron chi connectivity index (χ3n) is 5.01. The molecule has 2 amide bonds. The third kappa shape index (κ3) is 5.31. The van der Waals surface area contributed by atoms with Crippen molar-refractivity contribution in [3.8, 4) is 0 Å². The van der Waals surface area contributed by atoms with Crippen molar-refractivity contribution < 1.29 is 18.7 Å². The van der Waals surface area contributed by atoms with Crippen molar-refractivity contribution in [1.82, 2.24) is 10.3 Å². The van der Waals surface area contributed by atoms with E-state index in [9.17, 15) is 14.0 Å². The van der Waals surface area contributed by atoms with Crippen LogP contribution in [-0.2, 0) is 22.6 Å². The molecule has 0 saturated carbocycles. The molecule has 1 heterocycles. The van der Waals surface area contributed by atoms with Gasteiger partial charge in [-0.2, -0.15) is 0 Å². The summed E-state index contributed by atoms with van der Waals surface area (Å²) >= 11 is 0. The van der Waals surface area contributed by atoms with Crippen molar-refractivity contribution in [3.05, 3.63) is 102 Å². The highest BCUT2D eigenvalue weighted by atomic mass is 19.1. The molecular weight excluding hydrogens is 409 g/mol. The van der Waals surface area contributed by atoms with Crippen molar-refractivity contribution in [2.75, 3.05) is 5.32 Å². The number of fused-ring (bicyclic) bond motifs is 1. The Morgan fingerprint density at radius 3 is 2.56 bits per heavy atom. The number of amides is 2. The van der Waals surface area contributed by atoms with Crippen LogP contribution < -0.4 is 10.6 Å². The topological polar surface area (TPSA) is 83.2 Å². The molecule has 162 valence electrons. The Kier molecular flexibility index (Phi) is 6.46. The summed E-state index contributed by atoms with van der Waals surface area (Å²) in [5.41, 5.74) is 2.93. The average Bonchev–Trinajstić information content (AvgIpc) is 3.21. The lowest BCUT2D eigenvalue weighted by Gasteiger charge is -2.18. The summed E-state index contributed by atoms with van der Waals surface area (Å²) in [6, 6.07) is 21.6. The molecule has 3 aromatic carbocycles. The Labute approximate surface area is 184 Å². The number of anilines is 1. The highest BCUT2D eigenvalue weighted by Gasteiger charge is 2.23. The quantitative estimate of drug-likeness (QED) is 0.394. The van der Waals surface area contributed by atoms with Gasteiger partial charge in [-0.3, -0.25) is 4.79 Å². The first-order chi connectivity index (χ1) is 15.6. The zero-order valence-electron chi connectivity index (χ0n) is 17.2. The number of nitrogens with one attached hydrogen (secondary N) is 3. The van der Waals surface area contributed by atoms with Crippen LogP contribution in [0.25, 0.3) is 10.9 Å². The van der Waals surface area contributed by atoms with Gasteiger partial charge in [0.1, 0.15) is 18.5 Å². The molecule has 0 unspecified atom stereocenters. The van der Waals surface area contributed by atoms with Crippen LogP contribution >= 0.6 is 0 Å². The molecule has 0 bridgehead atoms. The molecule has 0 aliphatic heterocycles. The van der Waals surface area contributed by atoms with Gasteiger partial charge >= 0.3 is 6.09 Å². The molecule has 4 rings (SSSR count). The summed E-state index contributed by atoms with van der Waals surface area (Å²) in [6.45, 7) is 0.0813. The van der Waals surface area contributed by atoms with E-state index in [1.54, 1.807) is 6.07 Å². The van der Waals surface area contributed by atoms with Gasteiger partial charge in [-0.05, 0) is 35.4 Å². The first-order valence-corrected chi connectivity index (χ1v) is 10.2. The van der Waals surface area contributed by atoms with Gasteiger partial charge in [0.25, 0.3) is 0 Å². The predicted molar refractivity (Wildman–Crippen MR) is 121 cm³/mol. The molecule has 0 spiro atoms. The summed E-state index contributed by atoms with van der Waals surface area (Å²) in [7, 11) is 0. The molecule has 0 aliphatic rings. The van der Waals surface area contributed by atoms with Crippen molar-refractivity contribution >= 4 is 28.6 Å². The molecular formula is C25H22FN3O3.